The van der Waals surface area contributed by atoms with E-state index in [1.54, 1.807) is 43.3 Å². The predicted molar refractivity (Wildman–Crippen MR) is 114 cm³/mol. The van der Waals surface area contributed by atoms with Crippen molar-refractivity contribution in [2.45, 2.75) is 23.6 Å². The molecular formula is C20H19ClN2O4S2. The molecule has 0 fully saturated rings. The number of nitrogens with two attached hydrogens (primary N) is 1. The lowest BCUT2D eigenvalue weighted by molar-refractivity contribution is -0.123. The molecule has 9 heteroatoms. The summed E-state index contributed by atoms with van der Waals surface area (Å²) in [6.45, 7) is 2.39. The summed E-state index contributed by atoms with van der Waals surface area (Å²) in [6, 6.07) is 9.70. The number of fused-ring (bicyclic) bond motifs is 2. The van der Waals surface area contributed by atoms with Crippen LogP contribution in [0.5, 0.6) is 5.75 Å². The SMILES string of the molecule is Cc1c(S(=O)(=O)Oc2ccc3c(c2)CCN(C)C3C(N)=O)sc2ccc(Cl)cc12. The first kappa shape index (κ1) is 20.2. The van der Waals surface area contributed by atoms with Crippen LogP contribution in [-0.2, 0) is 21.3 Å². The molecule has 0 aliphatic carbocycles. The van der Waals surface area contributed by atoms with Crippen LogP contribution in [0.4, 0.5) is 0 Å². The Balaban J connectivity index is 1.69. The molecule has 6 nitrogen and oxygen atoms in total. The van der Waals surface area contributed by atoms with Crippen LogP contribution in [0.1, 0.15) is 22.7 Å². The molecule has 29 heavy (non-hydrogen) atoms. The van der Waals surface area contributed by atoms with Crippen LogP contribution >= 0.6 is 22.9 Å². The van der Waals surface area contributed by atoms with Gasteiger partial charge in [0.15, 0.2) is 4.21 Å². The lowest BCUT2D eigenvalue weighted by atomic mass is 9.92. The van der Waals surface area contributed by atoms with Crippen molar-refractivity contribution in [3.8, 4) is 5.75 Å². The zero-order valence-electron chi connectivity index (χ0n) is 15.8. The number of primary amides is 1. The number of hydrogen-bond acceptors (Lipinski definition) is 6. The van der Waals surface area contributed by atoms with Crippen LogP contribution in [0, 0.1) is 6.92 Å². The van der Waals surface area contributed by atoms with E-state index in [2.05, 4.69) is 0 Å². The minimum absolute atomic E-state index is 0.155. The van der Waals surface area contributed by atoms with Crippen molar-refractivity contribution < 1.29 is 17.4 Å². The maximum Gasteiger partial charge on any atom is 0.349 e. The summed E-state index contributed by atoms with van der Waals surface area (Å²) < 4.78 is 32.3. The van der Waals surface area contributed by atoms with E-state index in [1.807, 2.05) is 11.9 Å². The number of rotatable bonds is 4. The van der Waals surface area contributed by atoms with Gasteiger partial charge in [-0.25, -0.2) is 0 Å². The maximum absolute atomic E-state index is 12.9. The standard InChI is InChI=1S/C20H19ClN2O4S2/c1-11-16-10-13(21)3-6-17(16)28-20(11)29(25,26)27-14-4-5-15-12(9-14)7-8-23(2)18(15)19(22)24/h3-6,9-10,18H,7-8H2,1-2H3,(H2,22,24). The molecule has 152 valence electrons. The summed E-state index contributed by atoms with van der Waals surface area (Å²) in [5, 5.41) is 1.34. The van der Waals surface area contributed by atoms with Crippen molar-refractivity contribution >= 4 is 49.0 Å². The summed E-state index contributed by atoms with van der Waals surface area (Å²) in [4.78, 5) is 13.7. The van der Waals surface area contributed by atoms with Gasteiger partial charge in [-0.1, -0.05) is 17.7 Å². The summed E-state index contributed by atoms with van der Waals surface area (Å²) in [7, 11) is -2.18. The van der Waals surface area contributed by atoms with Gasteiger partial charge in [-0.3, -0.25) is 9.69 Å². The number of nitrogens with zero attached hydrogens (tertiary/aromatic N) is 1. The molecule has 0 saturated heterocycles. The van der Waals surface area contributed by atoms with Gasteiger partial charge in [0.2, 0.25) is 5.91 Å². The molecular weight excluding hydrogens is 432 g/mol. The van der Waals surface area contributed by atoms with Crippen molar-refractivity contribution in [2.24, 2.45) is 5.73 Å². The number of thiophene rings is 1. The number of likely N-dealkylation sites (N-methyl/N-ethyl adjacent to an activating group) is 1. The van der Waals surface area contributed by atoms with Crippen molar-refractivity contribution in [3.05, 3.63) is 58.1 Å². The van der Waals surface area contributed by atoms with Crippen LogP contribution < -0.4 is 9.92 Å². The van der Waals surface area contributed by atoms with Crippen LogP contribution in [0.3, 0.4) is 0 Å². The highest BCUT2D eigenvalue weighted by atomic mass is 35.5. The number of carbonyl (C=O) groups excluding carboxylic acids is 1. The van der Waals surface area contributed by atoms with Gasteiger partial charge in [0.1, 0.15) is 11.8 Å². The third kappa shape index (κ3) is 3.61. The fraction of sp³-hybridized carbons (Fsp3) is 0.250. The van der Waals surface area contributed by atoms with Crippen molar-refractivity contribution in [1.82, 2.24) is 4.90 Å². The maximum atomic E-state index is 12.9. The summed E-state index contributed by atoms with van der Waals surface area (Å²) >= 11 is 7.20. The average Bonchev–Trinajstić information content (AvgIpc) is 2.98. The molecule has 1 aromatic heterocycles. The number of benzene rings is 2. The second-order valence-corrected chi connectivity index (χ2v) is 10.3. The Kier molecular flexibility index (Phi) is 5.06. The Morgan fingerprint density at radius 3 is 2.76 bits per heavy atom. The highest BCUT2D eigenvalue weighted by Gasteiger charge is 2.30. The summed E-state index contributed by atoms with van der Waals surface area (Å²) in [6.07, 6.45) is 0.674. The quantitative estimate of drug-likeness (QED) is 0.613. The van der Waals surface area contributed by atoms with E-state index >= 15 is 0 Å². The summed E-state index contributed by atoms with van der Waals surface area (Å²) in [5.74, 6) is -0.222. The van der Waals surface area contributed by atoms with E-state index in [-0.39, 0.29) is 9.96 Å². The molecule has 4 rings (SSSR count). The van der Waals surface area contributed by atoms with Gasteiger partial charge < -0.3 is 9.92 Å². The predicted octanol–water partition coefficient (Wildman–Crippen LogP) is 3.65. The van der Waals surface area contributed by atoms with Crippen LogP contribution in [-0.4, -0.2) is 32.8 Å². The largest absolute Gasteiger partial charge is 0.378 e. The summed E-state index contributed by atoms with van der Waals surface area (Å²) in [5.41, 5.74) is 7.79. The Bertz CT molecular complexity index is 1240. The topological polar surface area (TPSA) is 89.7 Å². The van der Waals surface area contributed by atoms with Gasteiger partial charge in [-0.2, -0.15) is 8.42 Å². The highest BCUT2D eigenvalue weighted by molar-refractivity contribution is 7.89. The van der Waals surface area contributed by atoms with Gasteiger partial charge >= 0.3 is 10.1 Å². The Hall–Kier alpha value is -2.13. The Morgan fingerprint density at radius 1 is 1.28 bits per heavy atom. The lowest BCUT2D eigenvalue weighted by Gasteiger charge is -2.32. The zero-order chi connectivity index (χ0) is 20.9. The second-order valence-electron chi connectivity index (χ2n) is 7.09. The van der Waals surface area contributed by atoms with E-state index in [0.717, 1.165) is 32.5 Å². The number of halogens is 1. The zero-order valence-corrected chi connectivity index (χ0v) is 18.2. The van der Waals surface area contributed by atoms with Gasteiger partial charge in [-0.15, -0.1) is 11.3 Å². The molecule has 0 spiro atoms. The molecule has 1 amide bonds. The normalized spacial score (nSPS) is 17.3. The highest BCUT2D eigenvalue weighted by Crippen LogP contribution is 2.37. The first-order chi connectivity index (χ1) is 13.7. The molecule has 2 heterocycles. The second kappa shape index (κ2) is 7.28. The van der Waals surface area contributed by atoms with Gasteiger partial charge in [-0.05, 0) is 72.8 Å². The average molecular weight is 451 g/mol. The van der Waals surface area contributed by atoms with Crippen molar-refractivity contribution in [1.29, 1.82) is 0 Å². The molecule has 3 aromatic rings. The molecule has 2 aromatic carbocycles. The third-order valence-electron chi connectivity index (χ3n) is 5.14. The number of aryl methyl sites for hydroxylation is 1. The van der Waals surface area contributed by atoms with Crippen LogP contribution in [0.15, 0.2) is 40.6 Å². The van der Waals surface area contributed by atoms with E-state index in [0.29, 0.717) is 23.6 Å². The number of amides is 1. The van der Waals surface area contributed by atoms with Crippen molar-refractivity contribution in [2.75, 3.05) is 13.6 Å². The van der Waals surface area contributed by atoms with Crippen LogP contribution in [0.25, 0.3) is 10.1 Å². The first-order valence-electron chi connectivity index (χ1n) is 8.93. The molecule has 0 bridgehead atoms. The Labute approximate surface area is 178 Å². The molecule has 1 aliphatic rings. The van der Waals surface area contributed by atoms with Gasteiger partial charge in [0.25, 0.3) is 0 Å². The fourth-order valence-electron chi connectivity index (χ4n) is 3.72. The third-order valence-corrected chi connectivity index (χ3v) is 8.48. The van der Waals surface area contributed by atoms with Gasteiger partial charge in [0, 0.05) is 16.3 Å². The number of carbonyl (C=O) groups is 1. The van der Waals surface area contributed by atoms with E-state index in [4.69, 9.17) is 21.5 Å². The van der Waals surface area contributed by atoms with E-state index < -0.39 is 22.1 Å². The van der Waals surface area contributed by atoms with Crippen molar-refractivity contribution in [3.63, 3.8) is 0 Å². The van der Waals surface area contributed by atoms with Crippen LogP contribution in [0.2, 0.25) is 5.02 Å². The molecule has 0 saturated carbocycles. The van der Waals surface area contributed by atoms with E-state index in [1.165, 1.54) is 0 Å². The molecule has 0 radical (unpaired) electrons. The van der Waals surface area contributed by atoms with Gasteiger partial charge in [0.05, 0.1) is 0 Å². The number of hydrogen-bond donors (Lipinski definition) is 1. The monoisotopic (exact) mass is 450 g/mol. The Morgan fingerprint density at radius 2 is 2.03 bits per heavy atom. The minimum Gasteiger partial charge on any atom is -0.378 e. The lowest BCUT2D eigenvalue weighted by Crippen LogP contribution is -2.40. The fourth-order valence-corrected chi connectivity index (χ4v) is 6.51. The molecule has 1 unspecified atom stereocenters. The molecule has 2 N–H and O–H groups in total. The van der Waals surface area contributed by atoms with E-state index in [9.17, 15) is 13.2 Å². The first-order valence-corrected chi connectivity index (χ1v) is 11.5. The molecule has 1 atom stereocenters. The smallest absolute Gasteiger partial charge is 0.349 e. The molecule has 1 aliphatic heterocycles. The minimum atomic E-state index is -4.01.